The fourth-order valence-corrected chi connectivity index (χ4v) is 2.37. The van der Waals surface area contributed by atoms with Crippen LogP contribution in [0.3, 0.4) is 0 Å². The molecule has 1 heterocycles. The molecule has 0 N–H and O–H groups in total. The number of ketones is 1. The van der Waals surface area contributed by atoms with Crippen molar-refractivity contribution in [3.63, 3.8) is 0 Å². The van der Waals surface area contributed by atoms with Gasteiger partial charge in [0.1, 0.15) is 0 Å². The summed E-state index contributed by atoms with van der Waals surface area (Å²) in [6.07, 6.45) is 2.80. The molecule has 2 nitrogen and oxygen atoms in total. The van der Waals surface area contributed by atoms with Gasteiger partial charge in [0, 0.05) is 30.8 Å². The smallest absolute Gasteiger partial charge is 0.165 e. The van der Waals surface area contributed by atoms with E-state index in [0.717, 1.165) is 37.2 Å². The van der Waals surface area contributed by atoms with Crippen molar-refractivity contribution in [1.82, 2.24) is 0 Å². The fraction of sp³-hybridized carbons (Fsp3) is 0.562. The average molecular weight is 245 g/mol. The molecule has 2 heteroatoms. The topological polar surface area (TPSA) is 20.3 Å². The molecule has 98 valence electrons. The quantitative estimate of drug-likeness (QED) is 0.787. The molecule has 0 spiro atoms. The summed E-state index contributed by atoms with van der Waals surface area (Å²) in [7, 11) is 0. The van der Waals surface area contributed by atoms with E-state index in [0.29, 0.717) is 17.6 Å². The van der Waals surface area contributed by atoms with Gasteiger partial charge in [0.2, 0.25) is 0 Å². The monoisotopic (exact) mass is 245 g/mol. The van der Waals surface area contributed by atoms with Gasteiger partial charge >= 0.3 is 0 Å². The normalized spacial score (nSPS) is 16.4. The maximum absolute atomic E-state index is 12.0. The minimum Gasteiger partial charge on any atom is -0.371 e. The second kappa shape index (κ2) is 5.13. The Kier molecular flexibility index (Phi) is 3.74. The predicted molar refractivity (Wildman–Crippen MR) is 76.3 cm³/mol. The number of para-hydroxylation sites is 1. The number of carbonyl (C=O) groups excluding carboxylic acids is 1. The summed E-state index contributed by atoms with van der Waals surface area (Å²) >= 11 is 0. The third kappa shape index (κ3) is 3.12. The van der Waals surface area contributed by atoms with E-state index in [1.807, 2.05) is 18.2 Å². The van der Waals surface area contributed by atoms with Gasteiger partial charge in [-0.25, -0.2) is 0 Å². The van der Waals surface area contributed by atoms with Gasteiger partial charge in [-0.1, -0.05) is 32.9 Å². The van der Waals surface area contributed by atoms with Gasteiger partial charge in [0.15, 0.2) is 5.78 Å². The van der Waals surface area contributed by atoms with E-state index in [1.165, 1.54) is 0 Å². The number of benzene rings is 1. The van der Waals surface area contributed by atoms with Crippen molar-refractivity contribution in [2.24, 2.45) is 5.41 Å². The highest BCUT2D eigenvalue weighted by atomic mass is 16.1. The van der Waals surface area contributed by atoms with Crippen LogP contribution in [0.15, 0.2) is 24.3 Å². The molecule has 2 rings (SSSR count). The van der Waals surface area contributed by atoms with Crippen LogP contribution in [0.4, 0.5) is 5.69 Å². The molecule has 0 aliphatic carbocycles. The fourth-order valence-electron chi connectivity index (χ4n) is 2.37. The second-order valence-corrected chi connectivity index (χ2v) is 6.34. The van der Waals surface area contributed by atoms with E-state index in [-0.39, 0.29) is 0 Å². The molecular weight excluding hydrogens is 222 g/mol. The number of hydrogen-bond donors (Lipinski definition) is 0. The molecular formula is C16H23NO. The average Bonchev–Trinajstić information content (AvgIpc) is 2.46. The van der Waals surface area contributed by atoms with E-state index in [4.69, 9.17) is 0 Å². The molecule has 1 aliphatic heterocycles. The molecule has 0 saturated carbocycles. The highest BCUT2D eigenvalue weighted by molar-refractivity contribution is 6.01. The lowest BCUT2D eigenvalue weighted by molar-refractivity contribution is 0.0984. The number of rotatable bonds is 2. The number of Topliss-reactive ketones (excluding diaryl/α,β-unsaturated/α-hetero) is 1. The van der Waals surface area contributed by atoms with E-state index < -0.39 is 0 Å². The molecule has 1 aromatic carbocycles. The van der Waals surface area contributed by atoms with Gasteiger partial charge < -0.3 is 4.90 Å². The van der Waals surface area contributed by atoms with Crippen LogP contribution in [-0.4, -0.2) is 18.9 Å². The van der Waals surface area contributed by atoms with Crippen molar-refractivity contribution < 1.29 is 4.79 Å². The zero-order valence-electron chi connectivity index (χ0n) is 11.7. The zero-order valence-corrected chi connectivity index (χ0v) is 11.7. The SMILES string of the molecule is CC(C)(C)CCN1CCCC(=O)c2ccccc21. The molecule has 0 unspecified atom stereocenters. The summed E-state index contributed by atoms with van der Waals surface area (Å²) in [5.74, 6) is 0.295. The highest BCUT2D eigenvalue weighted by Gasteiger charge is 2.21. The molecule has 0 radical (unpaired) electrons. The Labute approximate surface area is 110 Å². The van der Waals surface area contributed by atoms with Crippen LogP contribution in [-0.2, 0) is 0 Å². The summed E-state index contributed by atoms with van der Waals surface area (Å²) in [5.41, 5.74) is 2.37. The minimum absolute atomic E-state index is 0.295. The first-order valence-corrected chi connectivity index (χ1v) is 6.84. The molecule has 1 aliphatic rings. The Hall–Kier alpha value is -1.31. The first-order valence-electron chi connectivity index (χ1n) is 6.84. The molecule has 1 aromatic rings. The largest absolute Gasteiger partial charge is 0.371 e. The second-order valence-electron chi connectivity index (χ2n) is 6.34. The van der Waals surface area contributed by atoms with Crippen molar-refractivity contribution in [1.29, 1.82) is 0 Å². The van der Waals surface area contributed by atoms with Crippen LogP contribution in [0.5, 0.6) is 0 Å². The van der Waals surface area contributed by atoms with Gasteiger partial charge in [0.25, 0.3) is 0 Å². The first kappa shape index (κ1) is 13.1. The van der Waals surface area contributed by atoms with Crippen molar-refractivity contribution in [2.75, 3.05) is 18.0 Å². The van der Waals surface area contributed by atoms with E-state index in [1.54, 1.807) is 0 Å². The molecule has 0 amide bonds. The minimum atomic E-state index is 0.295. The van der Waals surface area contributed by atoms with Gasteiger partial charge in [-0.05, 0) is 30.4 Å². The lowest BCUT2D eigenvalue weighted by Gasteiger charge is -2.28. The van der Waals surface area contributed by atoms with Crippen molar-refractivity contribution in [3.05, 3.63) is 29.8 Å². The molecule has 0 bridgehead atoms. The standard InChI is InChI=1S/C16H23NO/c1-16(2,3)10-12-17-11-6-9-15(18)13-7-4-5-8-14(13)17/h4-5,7-8H,6,9-12H2,1-3H3. The van der Waals surface area contributed by atoms with Gasteiger partial charge in [0.05, 0.1) is 0 Å². The predicted octanol–water partition coefficient (Wildman–Crippen LogP) is 3.91. The van der Waals surface area contributed by atoms with Crippen LogP contribution >= 0.6 is 0 Å². The first-order chi connectivity index (χ1) is 8.47. The Balaban J connectivity index is 2.21. The van der Waals surface area contributed by atoms with Gasteiger partial charge in [-0.15, -0.1) is 0 Å². The summed E-state index contributed by atoms with van der Waals surface area (Å²) in [6, 6.07) is 8.04. The van der Waals surface area contributed by atoms with Crippen LogP contribution in [0, 0.1) is 5.41 Å². The van der Waals surface area contributed by atoms with Gasteiger partial charge in [-0.2, -0.15) is 0 Å². The van der Waals surface area contributed by atoms with Crippen molar-refractivity contribution >= 4 is 11.5 Å². The Bertz CT molecular complexity index is 431. The molecule has 18 heavy (non-hydrogen) atoms. The number of hydrogen-bond acceptors (Lipinski definition) is 2. The Morgan fingerprint density at radius 2 is 1.94 bits per heavy atom. The summed E-state index contributed by atoms with van der Waals surface area (Å²) in [6.45, 7) is 8.83. The van der Waals surface area contributed by atoms with Crippen LogP contribution in [0.2, 0.25) is 0 Å². The lowest BCUT2D eigenvalue weighted by atomic mass is 9.92. The summed E-state index contributed by atoms with van der Waals surface area (Å²) < 4.78 is 0. The highest BCUT2D eigenvalue weighted by Crippen LogP contribution is 2.28. The number of fused-ring (bicyclic) bond motifs is 1. The van der Waals surface area contributed by atoms with E-state index >= 15 is 0 Å². The van der Waals surface area contributed by atoms with E-state index in [2.05, 4.69) is 31.7 Å². The third-order valence-corrected chi connectivity index (χ3v) is 3.51. The van der Waals surface area contributed by atoms with E-state index in [9.17, 15) is 4.79 Å². The Morgan fingerprint density at radius 1 is 1.22 bits per heavy atom. The van der Waals surface area contributed by atoms with Crippen molar-refractivity contribution in [3.8, 4) is 0 Å². The molecule has 0 saturated heterocycles. The number of nitrogens with zero attached hydrogens (tertiary/aromatic N) is 1. The maximum Gasteiger partial charge on any atom is 0.165 e. The van der Waals surface area contributed by atoms with Gasteiger partial charge in [-0.3, -0.25) is 4.79 Å². The molecule has 0 fully saturated rings. The lowest BCUT2D eigenvalue weighted by Crippen LogP contribution is -2.28. The number of anilines is 1. The molecule has 0 atom stereocenters. The number of carbonyl (C=O) groups is 1. The summed E-state index contributed by atoms with van der Waals surface area (Å²) in [5, 5.41) is 0. The van der Waals surface area contributed by atoms with Crippen molar-refractivity contribution in [2.45, 2.75) is 40.0 Å². The summed E-state index contributed by atoms with van der Waals surface area (Å²) in [4.78, 5) is 14.4. The Morgan fingerprint density at radius 3 is 2.67 bits per heavy atom. The molecule has 0 aromatic heterocycles. The zero-order chi connectivity index (χ0) is 13.2. The van der Waals surface area contributed by atoms with Crippen LogP contribution < -0.4 is 4.90 Å². The van der Waals surface area contributed by atoms with Crippen LogP contribution in [0.1, 0.15) is 50.4 Å². The third-order valence-electron chi connectivity index (χ3n) is 3.51. The maximum atomic E-state index is 12.0. The van der Waals surface area contributed by atoms with Crippen LogP contribution in [0.25, 0.3) is 0 Å².